The van der Waals surface area contributed by atoms with Gasteiger partial charge in [0.05, 0.1) is 18.8 Å². The summed E-state index contributed by atoms with van der Waals surface area (Å²) in [6.45, 7) is 0.460. The second-order valence-corrected chi connectivity index (χ2v) is 6.37. The van der Waals surface area contributed by atoms with Gasteiger partial charge in [0.1, 0.15) is 5.82 Å². The molecule has 0 unspecified atom stereocenters. The van der Waals surface area contributed by atoms with Crippen LogP contribution in [0.25, 0.3) is 0 Å². The Bertz CT molecular complexity index is 547. The first kappa shape index (κ1) is 15.3. The molecule has 1 amide bonds. The maximum Gasteiger partial charge on any atom is 0.410 e. The molecule has 1 aliphatic carbocycles. The SMILES string of the molecule is COC(=O)N1CC[C@@]2(O)CCCC[C@H]2[C@@H]1c1ccc(F)cc1. The van der Waals surface area contributed by atoms with Crippen LogP contribution in [0.1, 0.15) is 43.7 Å². The van der Waals surface area contributed by atoms with Crippen LogP contribution in [0.15, 0.2) is 24.3 Å². The Morgan fingerprint density at radius 1 is 1.32 bits per heavy atom. The number of fused-ring (bicyclic) bond motifs is 1. The molecule has 120 valence electrons. The topological polar surface area (TPSA) is 49.8 Å². The molecular weight excluding hydrogens is 285 g/mol. The third-order valence-corrected chi connectivity index (χ3v) is 5.19. The van der Waals surface area contributed by atoms with Gasteiger partial charge in [-0.25, -0.2) is 9.18 Å². The number of piperidine rings is 1. The second kappa shape index (κ2) is 5.88. The molecule has 2 fully saturated rings. The number of nitrogens with zero attached hydrogens (tertiary/aromatic N) is 1. The second-order valence-electron chi connectivity index (χ2n) is 6.37. The van der Waals surface area contributed by atoms with Crippen molar-refractivity contribution in [2.75, 3.05) is 13.7 Å². The summed E-state index contributed by atoms with van der Waals surface area (Å²) in [6.07, 6.45) is 3.88. The van der Waals surface area contributed by atoms with Crippen LogP contribution in [0.4, 0.5) is 9.18 Å². The fraction of sp³-hybridized carbons (Fsp3) is 0.588. The number of methoxy groups -OCH3 is 1. The average Bonchev–Trinajstić information content (AvgIpc) is 2.53. The van der Waals surface area contributed by atoms with Crippen LogP contribution in [0.2, 0.25) is 0 Å². The number of aliphatic hydroxyl groups is 1. The van der Waals surface area contributed by atoms with Crippen LogP contribution in [0.5, 0.6) is 0 Å². The van der Waals surface area contributed by atoms with Crippen LogP contribution in [-0.4, -0.2) is 35.4 Å². The van der Waals surface area contributed by atoms with Gasteiger partial charge in [-0.3, -0.25) is 0 Å². The first-order valence-electron chi connectivity index (χ1n) is 7.87. The summed E-state index contributed by atoms with van der Waals surface area (Å²) in [5, 5.41) is 11.0. The standard InChI is InChI=1S/C17H22FNO3/c1-22-16(20)19-11-10-17(21)9-3-2-4-14(17)15(19)12-5-7-13(18)8-6-12/h5-8,14-15,21H,2-4,9-11H2,1H3/t14-,15-,17-/m0/s1. The normalized spacial score (nSPS) is 31.5. The Labute approximate surface area is 129 Å². The lowest BCUT2D eigenvalue weighted by molar-refractivity contribution is -0.117. The molecule has 0 aromatic heterocycles. The number of halogens is 1. The van der Waals surface area contributed by atoms with Crippen molar-refractivity contribution < 1.29 is 19.0 Å². The molecule has 1 saturated heterocycles. The first-order chi connectivity index (χ1) is 10.5. The molecule has 0 bridgehead atoms. The summed E-state index contributed by atoms with van der Waals surface area (Å²) in [6, 6.07) is 5.96. The Morgan fingerprint density at radius 2 is 2.05 bits per heavy atom. The number of hydrogen-bond acceptors (Lipinski definition) is 3. The highest BCUT2D eigenvalue weighted by Crippen LogP contribution is 2.49. The minimum absolute atomic E-state index is 0.0282. The average molecular weight is 307 g/mol. The Hall–Kier alpha value is -1.62. The number of benzene rings is 1. The van der Waals surface area contributed by atoms with Crippen molar-refractivity contribution in [3.8, 4) is 0 Å². The van der Waals surface area contributed by atoms with Crippen molar-refractivity contribution in [2.24, 2.45) is 5.92 Å². The highest BCUT2D eigenvalue weighted by atomic mass is 19.1. The van der Waals surface area contributed by atoms with E-state index in [1.807, 2.05) is 0 Å². The van der Waals surface area contributed by atoms with E-state index in [9.17, 15) is 14.3 Å². The lowest BCUT2D eigenvalue weighted by Gasteiger charge is -2.52. The summed E-state index contributed by atoms with van der Waals surface area (Å²) in [5.74, 6) is -0.331. The van der Waals surface area contributed by atoms with Gasteiger partial charge in [0, 0.05) is 12.5 Å². The summed E-state index contributed by atoms with van der Waals surface area (Å²) in [5.41, 5.74) is 0.124. The van der Waals surface area contributed by atoms with E-state index in [2.05, 4.69) is 0 Å². The molecule has 1 aromatic rings. The van der Waals surface area contributed by atoms with Crippen LogP contribution in [0.3, 0.4) is 0 Å². The predicted molar refractivity (Wildman–Crippen MR) is 79.8 cm³/mol. The van der Waals surface area contributed by atoms with Gasteiger partial charge in [-0.1, -0.05) is 25.0 Å². The zero-order chi connectivity index (χ0) is 15.7. The van der Waals surface area contributed by atoms with Crippen molar-refractivity contribution in [1.29, 1.82) is 0 Å². The largest absolute Gasteiger partial charge is 0.453 e. The molecule has 5 heteroatoms. The van der Waals surface area contributed by atoms with E-state index in [0.29, 0.717) is 13.0 Å². The number of carbonyl (C=O) groups excluding carboxylic acids is 1. The summed E-state index contributed by atoms with van der Waals surface area (Å²) in [7, 11) is 1.37. The highest BCUT2D eigenvalue weighted by molar-refractivity contribution is 5.68. The minimum Gasteiger partial charge on any atom is -0.453 e. The molecule has 1 aromatic carbocycles. The molecule has 3 atom stereocenters. The van der Waals surface area contributed by atoms with Gasteiger partial charge in [0.2, 0.25) is 0 Å². The third kappa shape index (κ3) is 2.58. The zero-order valence-corrected chi connectivity index (χ0v) is 12.8. The molecule has 1 aliphatic heterocycles. The lowest BCUT2D eigenvalue weighted by atomic mass is 9.66. The van der Waals surface area contributed by atoms with Gasteiger partial charge in [0.25, 0.3) is 0 Å². The number of rotatable bonds is 1. The van der Waals surface area contributed by atoms with Gasteiger partial charge in [0.15, 0.2) is 0 Å². The Kier molecular flexibility index (Phi) is 4.08. The monoisotopic (exact) mass is 307 g/mol. The third-order valence-electron chi connectivity index (χ3n) is 5.19. The van der Waals surface area contributed by atoms with E-state index < -0.39 is 5.60 Å². The highest BCUT2D eigenvalue weighted by Gasteiger charge is 2.50. The quantitative estimate of drug-likeness (QED) is 0.866. The van der Waals surface area contributed by atoms with Crippen molar-refractivity contribution in [2.45, 2.75) is 43.7 Å². The van der Waals surface area contributed by atoms with Crippen molar-refractivity contribution >= 4 is 6.09 Å². The fourth-order valence-electron chi connectivity index (χ4n) is 4.08. The van der Waals surface area contributed by atoms with Gasteiger partial charge >= 0.3 is 6.09 Å². The molecule has 1 heterocycles. The number of ether oxygens (including phenoxy) is 1. The molecular formula is C17H22FNO3. The number of likely N-dealkylation sites (tertiary alicyclic amines) is 1. The van der Waals surface area contributed by atoms with Crippen LogP contribution < -0.4 is 0 Å². The van der Waals surface area contributed by atoms with E-state index in [1.165, 1.54) is 19.2 Å². The molecule has 0 spiro atoms. The summed E-state index contributed by atoms with van der Waals surface area (Å²) < 4.78 is 18.1. The molecule has 4 nitrogen and oxygen atoms in total. The van der Waals surface area contributed by atoms with Gasteiger partial charge in [-0.15, -0.1) is 0 Å². The zero-order valence-electron chi connectivity index (χ0n) is 12.8. The number of amides is 1. The maximum absolute atomic E-state index is 13.2. The van der Waals surface area contributed by atoms with E-state index in [0.717, 1.165) is 31.2 Å². The van der Waals surface area contributed by atoms with E-state index in [-0.39, 0.29) is 23.9 Å². The minimum atomic E-state index is -0.734. The molecule has 22 heavy (non-hydrogen) atoms. The first-order valence-corrected chi connectivity index (χ1v) is 7.87. The van der Waals surface area contributed by atoms with Crippen molar-refractivity contribution in [3.63, 3.8) is 0 Å². The lowest BCUT2D eigenvalue weighted by Crippen LogP contribution is -2.56. The molecule has 3 rings (SSSR count). The molecule has 1 N–H and O–H groups in total. The molecule has 1 saturated carbocycles. The molecule has 2 aliphatic rings. The van der Waals surface area contributed by atoms with Crippen LogP contribution in [-0.2, 0) is 4.74 Å². The Morgan fingerprint density at radius 3 is 2.73 bits per heavy atom. The van der Waals surface area contributed by atoms with Crippen molar-refractivity contribution in [1.82, 2.24) is 4.90 Å². The van der Waals surface area contributed by atoms with Gasteiger partial charge in [-0.05, 0) is 37.0 Å². The van der Waals surface area contributed by atoms with Crippen LogP contribution >= 0.6 is 0 Å². The Balaban J connectivity index is 2.00. The van der Waals surface area contributed by atoms with Crippen LogP contribution in [0, 0.1) is 11.7 Å². The van der Waals surface area contributed by atoms with E-state index in [1.54, 1.807) is 17.0 Å². The van der Waals surface area contributed by atoms with Gasteiger partial charge in [-0.2, -0.15) is 0 Å². The predicted octanol–water partition coefficient (Wildman–Crippen LogP) is 3.26. The maximum atomic E-state index is 13.2. The van der Waals surface area contributed by atoms with Crippen molar-refractivity contribution in [3.05, 3.63) is 35.6 Å². The smallest absolute Gasteiger partial charge is 0.410 e. The number of hydrogen-bond donors (Lipinski definition) is 1. The van der Waals surface area contributed by atoms with Gasteiger partial charge < -0.3 is 14.7 Å². The van der Waals surface area contributed by atoms with E-state index in [4.69, 9.17) is 4.74 Å². The summed E-state index contributed by atoms with van der Waals surface area (Å²) in [4.78, 5) is 13.8. The summed E-state index contributed by atoms with van der Waals surface area (Å²) >= 11 is 0. The van der Waals surface area contributed by atoms with E-state index >= 15 is 0 Å². The fourth-order valence-corrected chi connectivity index (χ4v) is 4.08. The molecule has 0 radical (unpaired) electrons. The number of carbonyl (C=O) groups is 1.